The van der Waals surface area contributed by atoms with E-state index in [1.54, 1.807) is 6.07 Å². The van der Waals surface area contributed by atoms with E-state index >= 15 is 0 Å². The van der Waals surface area contributed by atoms with Crippen LogP contribution >= 0.6 is 11.6 Å². The fourth-order valence-corrected chi connectivity index (χ4v) is 3.86. The Morgan fingerprint density at radius 1 is 1.38 bits per heavy atom. The molecule has 26 heavy (non-hydrogen) atoms. The van der Waals surface area contributed by atoms with E-state index in [1.807, 2.05) is 31.7 Å². The van der Waals surface area contributed by atoms with Crippen LogP contribution in [-0.2, 0) is 14.3 Å². The van der Waals surface area contributed by atoms with Crippen LogP contribution in [0.1, 0.15) is 43.9 Å². The number of hydrogen-bond acceptors (Lipinski definition) is 5. The molecule has 0 bridgehead atoms. The van der Waals surface area contributed by atoms with Crippen LogP contribution in [0.2, 0.25) is 5.02 Å². The molecule has 0 saturated carbocycles. The highest BCUT2D eigenvalue weighted by molar-refractivity contribution is 6.31. The monoisotopic (exact) mass is 382 g/mol. The van der Waals surface area contributed by atoms with Gasteiger partial charge in [-0.1, -0.05) is 11.6 Å². The number of rotatable bonds is 3. The van der Waals surface area contributed by atoms with Crippen LogP contribution in [0, 0.1) is 12.8 Å². The number of phenolic OH excluding ortho intramolecular Hbond substituents is 1. The van der Waals surface area contributed by atoms with Gasteiger partial charge in [-0.05, 0) is 57.2 Å². The van der Waals surface area contributed by atoms with Crippen molar-refractivity contribution in [1.29, 1.82) is 0 Å². The zero-order valence-corrected chi connectivity index (χ0v) is 16.3. The fourth-order valence-electron chi connectivity index (χ4n) is 3.71. The summed E-state index contributed by atoms with van der Waals surface area (Å²) in [5, 5.41) is 10.7. The topological polar surface area (TPSA) is 85.0 Å². The summed E-state index contributed by atoms with van der Waals surface area (Å²) in [6.07, 6.45) is 1.04. The van der Waals surface area contributed by atoms with Gasteiger partial charge in [-0.15, -0.1) is 0 Å². The summed E-state index contributed by atoms with van der Waals surface area (Å²) in [7, 11) is 0. The maximum absolute atomic E-state index is 12.6. The normalized spacial score (nSPS) is 24.7. The van der Waals surface area contributed by atoms with Crippen LogP contribution in [0.5, 0.6) is 5.75 Å². The lowest BCUT2D eigenvalue weighted by molar-refractivity contribution is -0.161. The van der Waals surface area contributed by atoms with Crippen molar-refractivity contribution in [1.82, 2.24) is 4.90 Å². The molecule has 2 aliphatic rings. The first-order valence-electron chi connectivity index (χ1n) is 9.03. The third kappa shape index (κ3) is 3.98. The fraction of sp³-hybridized carbons (Fsp3) is 0.632. The van der Waals surface area contributed by atoms with Crippen molar-refractivity contribution >= 4 is 17.5 Å². The molecule has 2 fully saturated rings. The molecule has 2 heterocycles. The Morgan fingerprint density at radius 3 is 2.62 bits per heavy atom. The number of carbonyl (C=O) groups excluding carboxylic acids is 1. The number of nitrogens with zero attached hydrogens (tertiary/aromatic N) is 1. The summed E-state index contributed by atoms with van der Waals surface area (Å²) in [6.45, 7) is 7.07. The van der Waals surface area contributed by atoms with Gasteiger partial charge in [0.15, 0.2) is 11.9 Å². The molecule has 0 radical (unpaired) electrons. The second-order valence-electron chi connectivity index (χ2n) is 7.67. The quantitative estimate of drug-likeness (QED) is 0.839. The Labute approximate surface area is 159 Å². The summed E-state index contributed by atoms with van der Waals surface area (Å²) in [5.74, 6) is -0.397. The van der Waals surface area contributed by atoms with Crippen molar-refractivity contribution in [2.75, 3.05) is 19.7 Å². The van der Waals surface area contributed by atoms with Crippen molar-refractivity contribution in [3.63, 3.8) is 0 Å². The second kappa shape index (κ2) is 7.35. The lowest BCUT2D eigenvalue weighted by Crippen LogP contribution is -2.46. The van der Waals surface area contributed by atoms with Crippen LogP contribution in [0.25, 0.3) is 0 Å². The van der Waals surface area contributed by atoms with Gasteiger partial charge in [0.05, 0.1) is 6.61 Å². The molecule has 144 valence electrons. The van der Waals surface area contributed by atoms with E-state index in [2.05, 4.69) is 0 Å². The summed E-state index contributed by atoms with van der Waals surface area (Å²) in [5.41, 5.74) is 8.02. The third-order valence-corrected chi connectivity index (χ3v) is 5.72. The van der Waals surface area contributed by atoms with Gasteiger partial charge in [-0.2, -0.15) is 0 Å². The molecule has 2 aliphatic heterocycles. The maximum atomic E-state index is 12.6. The van der Waals surface area contributed by atoms with Crippen molar-refractivity contribution in [3.05, 3.63) is 28.3 Å². The van der Waals surface area contributed by atoms with Crippen LogP contribution in [-0.4, -0.2) is 47.5 Å². The average Bonchev–Trinajstić information content (AvgIpc) is 2.97. The molecule has 2 unspecified atom stereocenters. The highest BCUT2D eigenvalue weighted by atomic mass is 35.5. The number of amides is 1. The minimum Gasteiger partial charge on any atom is -0.508 e. The van der Waals surface area contributed by atoms with Gasteiger partial charge in [0.1, 0.15) is 5.75 Å². The van der Waals surface area contributed by atoms with Crippen LogP contribution in [0.15, 0.2) is 12.1 Å². The predicted octanol–water partition coefficient (Wildman–Crippen LogP) is 2.74. The number of piperidine rings is 1. The summed E-state index contributed by atoms with van der Waals surface area (Å²) >= 11 is 6.05. The zero-order valence-electron chi connectivity index (χ0n) is 15.5. The van der Waals surface area contributed by atoms with E-state index < -0.39 is 11.9 Å². The van der Waals surface area contributed by atoms with Gasteiger partial charge in [0.2, 0.25) is 0 Å². The van der Waals surface area contributed by atoms with Gasteiger partial charge in [0.25, 0.3) is 5.91 Å². The Morgan fingerprint density at radius 2 is 2.04 bits per heavy atom. The number of likely N-dealkylation sites (tertiary alicyclic amines) is 1. The molecule has 3 rings (SSSR count). The molecule has 3 N–H and O–H groups in total. The molecule has 2 atom stereocenters. The lowest BCUT2D eigenvalue weighted by Gasteiger charge is -2.36. The number of aryl methyl sites for hydroxylation is 1. The molecule has 7 heteroatoms. The summed E-state index contributed by atoms with van der Waals surface area (Å²) < 4.78 is 11.2. The van der Waals surface area contributed by atoms with E-state index in [-0.39, 0.29) is 23.6 Å². The summed E-state index contributed by atoms with van der Waals surface area (Å²) in [6, 6.07) is 3.11. The second-order valence-corrected chi connectivity index (χ2v) is 8.07. The average molecular weight is 383 g/mol. The number of hydrogen-bond donors (Lipinski definition) is 2. The Hall–Kier alpha value is -1.34. The third-order valence-electron chi connectivity index (χ3n) is 5.31. The van der Waals surface area contributed by atoms with Crippen LogP contribution in [0.4, 0.5) is 0 Å². The van der Waals surface area contributed by atoms with Gasteiger partial charge in [0, 0.05) is 29.7 Å². The molecule has 6 nitrogen and oxygen atoms in total. The van der Waals surface area contributed by atoms with Crippen molar-refractivity contribution < 1.29 is 19.4 Å². The SMILES string of the molecule is Cc1cc(C(N)C2CCN(C(=O)C3COC(C)(C)O3)CC2)c(O)cc1Cl. The molecule has 1 amide bonds. The first kappa shape index (κ1) is 19.4. The number of nitrogens with two attached hydrogens (primary N) is 1. The molecular formula is C19H27ClN2O4. The van der Waals surface area contributed by atoms with Gasteiger partial charge in [-0.25, -0.2) is 0 Å². The van der Waals surface area contributed by atoms with E-state index in [9.17, 15) is 9.90 Å². The smallest absolute Gasteiger partial charge is 0.254 e. The van der Waals surface area contributed by atoms with Gasteiger partial charge in [-0.3, -0.25) is 4.79 Å². The molecule has 2 saturated heterocycles. The molecular weight excluding hydrogens is 356 g/mol. The standard InChI is InChI=1S/C19H27ClN2O4/c1-11-8-13(15(23)9-14(11)20)17(21)12-4-6-22(7-5-12)18(24)16-10-25-19(2,3)26-16/h8-9,12,16-17,23H,4-7,10,21H2,1-3H3. The van der Waals surface area contributed by atoms with Crippen molar-refractivity contribution in [3.8, 4) is 5.75 Å². The van der Waals surface area contributed by atoms with Crippen molar-refractivity contribution in [2.45, 2.75) is 51.5 Å². The Balaban J connectivity index is 1.60. The molecule has 0 aliphatic carbocycles. The van der Waals surface area contributed by atoms with E-state index in [0.717, 1.165) is 18.4 Å². The number of benzene rings is 1. The van der Waals surface area contributed by atoms with E-state index in [1.165, 1.54) is 0 Å². The van der Waals surface area contributed by atoms with Crippen LogP contribution < -0.4 is 5.73 Å². The van der Waals surface area contributed by atoms with E-state index in [0.29, 0.717) is 30.3 Å². The lowest BCUT2D eigenvalue weighted by atomic mass is 9.85. The Kier molecular flexibility index (Phi) is 5.49. The molecule has 1 aromatic carbocycles. The van der Waals surface area contributed by atoms with Gasteiger partial charge < -0.3 is 25.2 Å². The summed E-state index contributed by atoms with van der Waals surface area (Å²) in [4.78, 5) is 14.4. The van der Waals surface area contributed by atoms with Crippen molar-refractivity contribution in [2.24, 2.45) is 11.7 Å². The molecule has 0 aromatic heterocycles. The Bertz CT molecular complexity index is 686. The predicted molar refractivity (Wildman–Crippen MR) is 99.0 cm³/mol. The highest BCUT2D eigenvalue weighted by Gasteiger charge is 2.40. The number of halogens is 1. The number of aromatic hydroxyl groups is 1. The van der Waals surface area contributed by atoms with Gasteiger partial charge >= 0.3 is 0 Å². The highest BCUT2D eigenvalue weighted by Crippen LogP contribution is 2.36. The first-order chi connectivity index (χ1) is 12.2. The maximum Gasteiger partial charge on any atom is 0.254 e. The first-order valence-corrected chi connectivity index (χ1v) is 9.41. The van der Waals surface area contributed by atoms with Crippen LogP contribution in [0.3, 0.4) is 0 Å². The number of phenols is 1. The number of carbonyl (C=O) groups is 1. The molecule has 0 spiro atoms. The number of ether oxygens (including phenoxy) is 2. The van der Waals surface area contributed by atoms with E-state index in [4.69, 9.17) is 26.8 Å². The zero-order chi connectivity index (χ0) is 19.1. The minimum atomic E-state index is -0.703. The minimum absolute atomic E-state index is 0.0206. The molecule has 1 aromatic rings. The largest absolute Gasteiger partial charge is 0.508 e.